The molecular weight excluding hydrogens is 479 g/mol. The van der Waals surface area contributed by atoms with Crippen LogP contribution in [0.3, 0.4) is 0 Å². The topological polar surface area (TPSA) is 111 Å². The van der Waals surface area contributed by atoms with Crippen LogP contribution in [0, 0.1) is 33.1 Å². The molecule has 0 atom stereocenters. The molecular formula is C24H18F3N5O4. The summed E-state index contributed by atoms with van der Waals surface area (Å²) in [5.74, 6) is -0.992. The molecule has 0 saturated heterocycles. The largest absolute Gasteiger partial charge is 0.493 e. The molecule has 0 amide bonds. The summed E-state index contributed by atoms with van der Waals surface area (Å²) in [7, 11) is 0. The highest BCUT2D eigenvalue weighted by Gasteiger charge is 2.42. The molecule has 4 aromatic rings. The Morgan fingerprint density at radius 3 is 2.44 bits per heavy atom. The van der Waals surface area contributed by atoms with E-state index in [9.17, 15) is 22.8 Å². The molecule has 4 rings (SSSR count). The Hall–Kier alpha value is -4.79. The van der Waals surface area contributed by atoms with Crippen molar-refractivity contribution in [1.29, 1.82) is 0 Å². The molecule has 0 aliphatic heterocycles. The molecule has 2 heterocycles. The summed E-state index contributed by atoms with van der Waals surface area (Å²) in [6.07, 6.45) is 1.68. The van der Waals surface area contributed by atoms with Gasteiger partial charge in [0, 0.05) is 11.4 Å². The van der Waals surface area contributed by atoms with Gasteiger partial charge in [-0.2, -0.15) is 18.2 Å². The zero-order valence-corrected chi connectivity index (χ0v) is 19.1. The van der Waals surface area contributed by atoms with Crippen LogP contribution in [-0.4, -0.2) is 26.8 Å². The Bertz CT molecular complexity index is 1580. The van der Waals surface area contributed by atoms with E-state index >= 15 is 0 Å². The Labute approximate surface area is 201 Å². The quantitative estimate of drug-likeness (QED) is 0.393. The highest BCUT2D eigenvalue weighted by atomic mass is 19.4. The van der Waals surface area contributed by atoms with Crippen molar-refractivity contribution in [3.8, 4) is 12.3 Å². The zero-order chi connectivity index (χ0) is 26.2. The molecule has 2 N–H and O–H groups in total. The van der Waals surface area contributed by atoms with Crippen molar-refractivity contribution < 1.29 is 27.2 Å². The first kappa shape index (κ1) is 24.3. The number of hydrogen-bond acceptors (Lipinski definition) is 8. The summed E-state index contributed by atoms with van der Waals surface area (Å²) in [5.41, 5.74) is 4.35. The van der Waals surface area contributed by atoms with Gasteiger partial charge < -0.3 is 19.9 Å². The van der Waals surface area contributed by atoms with E-state index in [4.69, 9.17) is 10.8 Å². The molecule has 0 unspecified atom stereocenters. The number of aromatic nitrogens is 3. The van der Waals surface area contributed by atoms with E-state index in [0.717, 1.165) is 16.8 Å². The second-order valence-corrected chi connectivity index (χ2v) is 7.81. The summed E-state index contributed by atoms with van der Waals surface area (Å²) in [4.78, 5) is 36.0. The van der Waals surface area contributed by atoms with Gasteiger partial charge in [-0.3, -0.25) is 0 Å². The fourth-order valence-electron chi connectivity index (χ4n) is 3.31. The maximum absolute atomic E-state index is 12.6. The number of terminal acetylenes is 1. The third-order valence-corrected chi connectivity index (χ3v) is 5.34. The predicted molar refractivity (Wildman–Crippen MR) is 125 cm³/mol. The third-order valence-electron chi connectivity index (χ3n) is 5.34. The highest BCUT2D eigenvalue weighted by molar-refractivity contribution is 5.81. The minimum atomic E-state index is -5.31. The Kier molecular flexibility index (Phi) is 6.15. The van der Waals surface area contributed by atoms with Crippen molar-refractivity contribution in [2.45, 2.75) is 26.9 Å². The number of aryl methyl sites for hydroxylation is 2. The number of carbonyl (C=O) groups is 1. The number of nitrogens with zero attached hydrogens (tertiary/aromatic N) is 3. The van der Waals surface area contributed by atoms with Crippen molar-refractivity contribution in [3.63, 3.8) is 0 Å². The number of alkyl halides is 3. The SMILES string of the molecule is C#Cc1cnc(Nc2cc(C)c(C)c(C)c2)nc1Nc1ccc2oc(=O)n(OC(=O)C(F)(F)F)c2c1. The standard InChI is InChI=1S/C24H18F3N5O4/c1-5-15-11-28-22(30-17-8-12(2)14(4)13(3)9-17)31-20(15)29-16-6-7-19-18(10-16)32(23(34)35-19)36-21(33)24(25,26)27/h1,6-11H,2-4H3,(H2,28,29,30,31). The summed E-state index contributed by atoms with van der Waals surface area (Å²) in [5, 5.41) is 6.05. The predicted octanol–water partition coefficient (Wildman–Crippen LogP) is 4.30. The Morgan fingerprint density at radius 1 is 1.11 bits per heavy atom. The van der Waals surface area contributed by atoms with Gasteiger partial charge in [0.15, 0.2) is 11.4 Å². The van der Waals surface area contributed by atoms with Crippen LogP contribution in [0.1, 0.15) is 22.3 Å². The first-order valence-corrected chi connectivity index (χ1v) is 10.4. The van der Waals surface area contributed by atoms with Gasteiger partial charge in [0.05, 0.1) is 11.8 Å². The van der Waals surface area contributed by atoms with E-state index < -0.39 is 17.9 Å². The van der Waals surface area contributed by atoms with Gasteiger partial charge in [0.25, 0.3) is 0 Å². The summed E-state index contributed by atoms with van der Waals surface area (Å²) in [6.45, 7) is 6.00. The number of nitrogens with one attached hydrogen (secondary N) is 2. The Morgan fingerprint density at radius 2 is 1.81 bits per heavy atom. The van der Waals surface area contributed by atoms with E-state index in [1.807, 2.05) is 32.9 Å². The monoisotopic (exact) mass is 497 g/mol. The fourth-order valence-corrected chi connectivity index (χ4v) is 3.31. The smallest absolute Gasteiger partial charge is 0.405 e. The van der Waals surface area contributed by atoms with Crippen LogP contribution in [0.15, 0.2) is 45.7 Å². The minimum Gasteiger partial charge on any atom is -0.405 e. The van der Waals surface area contributed by atoms with E-state index in [2.05, 4.69) is 31.4 Å². The molecule has 0 radical (unpaired) electrons. The second kappa shape index (κ2) is 9.10. The average molecular weight is 497 g/mol. The molecule has 0 fully saturated rings. The van der Waals surface area contributed by atoms with E-state index in [1.54, 1.807) is 0 Å². The van der Waals surface area contributed by atoms with Crippen LogP contribution >= 0.6 is 0 Å². The highest BCUT2D eigenvalue weighted by Crippen LogP contribution is 2.26. The van der Waals surface area contributed by atoms with Crippen molar-refractivity contribution >= 4 is 40.2 Å². The lowest BCUT2D eigenvalue weighted by Gasteiger charge is -2.13. The minimum absolute atomic E-state index is 0.104. The second-order valence-electron chi connectivity index (χ2n) is 7.81. The van der Waals surface area contributed by atoms with Crippen molar-refractivity contribution in [2.75, 3.05) is 10.6 Å². The molecule has 2 aromatic heterocycles. The van der Waals surface area contributed by atoms with Crippen LogP contribution in [-0.2, 0) is 4.79 Å². The van der Waals surface area contributed by atoms with Gasteiger partial charge in [0.2, 0.25) is 5.95 Å². The van der Waals surface area contributed by atoms with Crippen molar-refractivity contribution in [3.05, 3.63) is 69.3 Å². The molecule has 0 saturated carbocycles. The maximum Gasteiger partial charge on any atom is 0.493 e. The van der Waals surface area contributed by atoms with Gasteiger partial charge >= 0.3 is 17.9 Å². The fraction of sp³-hybridized carbons (Fsp3) is 0.167. The summed E-state index contributed by atoms with van der Waals surface area (Å²) < 4.78 is 42.8. The number of rotatable bonds is 5. The van der Waals surface area contributed by atoms with Crippen LogP contribution in [0.2, 0.25) is 0 Å². The number of halogens is 3. The van der Waals surface area contributed by atoms with Gasteiger partial charge in [-0.1, -0.05) is 10.7 Å². The molecule has 36 heavy (non-hydrogen) atoms. The van der Waals surface area contributed by atoms with Gasteiger partial charge in [-0.25, -0.2) is 14.6 Å². The normalized spacial score (nSPS) is 11.2. The van der Waals surface area contributed by atoms with Gasteiger partial charge in [0.1, 0.15) is 5.52 Å². The van der Waals surface area contributed by atoms with Crippen LogP contribution < -0.4 is 21.2 Å². The first-order valence-electron chi connectivity index (χ1n) is 10.4. The molecule has 12 heteroatoms. The van der Waals surface area contributed by atoms with E-state index in [-0.39, 0.29) is 33.3 Å². The number of benzene rings is 2. The van der Waals surface area contributed by atoms with Crippen LogP contribution in [0.25, 0.3) is 11.1 Å². The molecule has 0 bridgehead atoms. The molecule has 0 aliphatic carbocycles. The number of hydrogen-bond donors (Lipinski definition) is 2. The lowest BCUT2D eigenvalue weighted by molar-refractivity contribution is -0.200. The van der Waals surface area contributed by atoms with Crippen LogP contribution in [0.5, 0.6) is 0 Å². The van der Waals surface area contributed by atoms with Gasteiger partial charge in [-0.05, 0) is 67.8 Å². The molecule has 0 aliphatic rings. The van der Waals surface area contributed by atoms with E-state index in [1.165, 1.54) is 30.0 Å². The average Bonchev–Trinajstić information content (AvgIpc) is 3.11. The first-order chi connectivity index (χ1) is 17.0. The van der Waals surface area contributed by atoms with Crippen molar-refractivity contribution in [1.82, 2.24) is 14.7 Å². The number of carbonyl (C=O) groups excluding carboxylic acids is 1. The third kappa shape index (κ3) is 4.85. The lowest BCUT2D eigenvalue weighted by atomic mass is 10.0. The number of anilines is 4. The molecule has 0 spiro atoms. The molecule has 2 aromatic carbocycles. The Balaban J connectivity index is 1.66. The van der Waals surface area contributed by atoms with Crippen LogP contribution in [0.4, 0.5) is 36.3 Å². The van der Waals surface area contributed by atoms with Gasteiger partial charge in [-0.15, -0.1) is 6.42 Å². The zero-order valence-electron chi connectivity index (χ0n) is 19.1. The summed E-state index contributed by atoms with van der Waals surface area (Å²) in [6, 6.07) is 7.92. The van der Waals surface area contributed by atoms with Crippen molar-refractivity contribution in [2.24, 2.45) is 0 Å². The van der Waals surface area contributed by atoms with E-state index in [0.29, 0.717) is 5.56 Å². The lowest BCUT2D eigenvalue weighted by Crippen LogP contribution is -2.36. The molecule has 184 valence electrons. The number of oxazole rings is 1. The number of fused-ring (bicyclic) bond motifs is 1. The summed E-state index contributed by atoms with van der Waals surface area (Å²) >= 11 is 0. The molecule has 9 nitrogen and oxygen atoms in total. The maximum atomic E-state index is 12.6.